The Morgan fingerprint density at radius 3 is 1.81 bits per heavy atom. The van der Waals surface area contributed by atoms with E-state index in [0.717, 1.165) is 27.5 Å². The number of aromatic amines is 1. The maximum absolute atomic E-state index is 13.5. The van der Waals surface area contributed by atoms with Gasteiger partial charge in [-0.2, -0.15) is 4.98 Å². The van der Waals surface area contributed by atoms with Gasteiger partial charge in [-0.25, -0.2) is 28.1 Å². The number of aromatic hydroxyl groups is 1. The number of hydrogen-bond donors (Lipinski definition) is 11. The van der Waals surface area contributed by atoms with Crippen molar-refractivity contribution < 1.29 is 138 Å². The SMILES string of the molecule is Nc1ccn([C@H]2CC(O)[C@@H](COP(=O)(O)OCCOCCOCCOP(=O)(O)OC3C[C@H](n4cc(/C=C/C(=O)NCCCCCCNC(=O)c5ccc(C(=O)O)c(C6=C7C=CC(=O)C=C7Cc7cc(O)ccc76)c5)c(=O)[nH]c4=O)O[C@@H]3COP(=O)(O)OCCOCCOCCOCCOCCOCCO)O2)c(=O)n1. The third-order valence-corrected chi connectivity index (χ3v) is 19.5. The zero-order chi connectivity index (χ0) is 78.4. The molecule has 4 aromatic rings. The number of nitrogens with two attached hydrogens (primary N) is 1. The first-order valence-corrected chi connectivity index (χ1v) is 39.1. The lowest BCUT2D eigenvalue weighted by molar-refractivity contribution is -0.116. The number of benzene rings is 2. The summed E-state index contributed by atoms with van der Waals surface area (Å²) in [6.07, 6.45) is 3.58. The van der Waals surface area contributed by atoms with E-state index in [1.807, 2.05) is 0 Å². The Balaban J connectivity index is 0.764. The number of phosphoric ester groups is 3. The lowest BCUT2D eigenvalue weighted by Crippen LogP contribution is -2.33. The highest BCUT2D eigenvalue weighted by atomic mass is 31.2. The zero-order valence-electron chi connectivity index (χ0n) is 59.2. The third-order valence-electron chi connectivity index (χ3n) is 16.4. The van der Waals surface area contributed by atoms with Crippen LogP contribution in [0.15, 0.2) is 105 Å². The van der Waals surface area contributed by atoms with Crippen molar-refractivity contribution in [2.45, 2.75) is 81.8 Å². The number of ketones is 1. The number of anilines is 1. The summed E-state index contributed by atoms with van der Waals surface area (Å²) in [5.41, 5.74) is 6.14. The molecule has 2 fully saturated rings. The average molecular weight is 1600 g/mol. The topological polar surface area (TPSA) is 539 Å². The van der Waals surface area contributed by atoms with Crippen molar-refractivity contribution in [3.05, 3.63) is 155 Å². The molecule has 2 aliphatic carbocycles. The van der Waals surface area contributed by atoms with E-state index in [0.29, 0.717) is 86.4 Å². The number of nitrogen functional groups attached to an aromatic ring is 1. The Morgan fingerprint density at radius 2 is 1.21 bits per heavy atom. The van der Waals surface area contributed by atoms with Crippen LogP contribution in [-0.4, -0.2) is 247 Å². The van der Waals surface area contributed by atoms with Crippen LogP contribution in [-0.2, 0) is 99.5 Å². The molecule has 4 aliphatic rings. The standard InChI is InChI=1S/C67H90N7O32P3/c68-58-13-16-73(66(84)71-58)60-39-54(78)56(104-60)42-102-107(86,87)99-32-29-97-27-28-98-31-34-101-109(90,91)106-55-40-61(105-57(55)43-103-108(88,89)100-33-30-96-26-25-95-24-23-94-22-21-93-20-19-92-18-17-75)74-41-45(64(81)72-67(74)85)6-12-59(79)69-14-3-1-2-4-15-70-63(80)44-5-9-52(65(82)83)53(38-44)62-50-10-7-48(76)36-46(50)35-47-37-49(77)8-11-51(47)62/h5-13,16,36-38,41,54-57,60-61,75-76,78H,1-4,14-15,17-35,39-40,42-43H2,(H,69,79)(H,70,80)(H,82,83)(H,86,87)(H,88,89)(H,90,91)(H2,68,71,84)(H,72,81,85)/b12-6+/t54?,55?,56-,57-,60-,61-/m1/s1. The molecule has 0 bridgehead atoms. The molecular formula is C67H90N7O32P3. The van der Waals surface area contributed by atoms with Gasteiger partial charge in [-0.05, 0) is 107 Å². The first-order chi connectivity index (χ1) is 52.3. The van der Waals surface area contributed by atoms with E-state index in [2.05, 4.69) is 20.6 Å². The quantitative estimate of drug-likeness (QED) is 0.0171. The molecule has 9 atom stereocenters. The van der Waals surface area contributed by atoms with Gasteiger partial charge in [0.15, 0.2) is 5.78 Å². The highest BCUT2D eigenvalue weighted by Gasteiger charge is 2.44. The van der Waals surface area contributed by atoms with Crippen molar-refractivity contribution in [2.24, 2.45) is 0 Å². The number of fused-ring (bicyclic) bond motifs is 2. The van der Waals surface area contributed by atoms with Gasteiger partial charge in [-0.3, -0.25) is 60.4 Å². The molecule has 0 spiro atoms. The molecule has 42 heteroatoms. The molecule has 2 aromatic carbocycles. The Bertz CT molecular complexity index is 4180. The number of nitrogens with zero attached hydrogens (tertiary/aromatic N) is 3. The summed E-state index contributed by atoms with van der Waals surface area (Å²) in [6.45, 7) is -0.964. The molecule has 109 heavy (non-hydrogen) atoms. The van der Waals surface area contributed by atoms with Crippen molar-refractivity contribution in [1.82, 2.24) is 29.7 Å². The number of carbonyl (C=O) groups is 4. The second-order valence-corrected chi connectivity index (χ2v) is 28.6. The third kappa shape index (κ3) is 28.7. The molecule has 2 aromatic heterocycles. The number of aliphatic hydroxyl groups is 2. The van der Waals surface area contributed by atoms with E-state index in [1.165, 1.54) is 48.7 Å². The van der Waals surface area contributed by atoms with Crippen molar-refractivity contribution >= 4 is 64.5 Å². The summed E-state index contributed by atoms with van der Waals surface area (Å²) in [5, 5.41) is 45.2. The average Bonchev–Trinajstić information content (AvgIpc) is 1.07. The molecule has 2 amide bonds. The van der Waals surface area contributed by atoms with Crippen LogP contribution in [0.3, 0.4) is 0 Å². The van der Waals surface area contributed by atoms with Gasteiger partial charge >= 0.3 is 40.8 Å². The van der Waals surface area contributed by atoms with Gasteiger partial charge in [-0.15, -0.1) is 0 Å². The number of allylic oxidation sites excluding steroid dienone is 5. The summed E-state index contributed by atoms with van der Waals surface area (Å²) in [5.74, 6) is -2.54. The van der Waals surface area contributed by atoms with Crippen molar-refractivity contribution in [3.63, 3.8) is 0 Å². The van der Waals surface area contributed by atoms with E-state index < -0.39 is 135 Å². The minimum atomic E-state index is -5.06. The molecule has 2 saturated heterocycles. The number of phenolic OH excluding ortho intramolecular Hbond substituents is 1. The lowest BCUT2D eigenvalue weighted by Gasteiger charge is -2.27. The highest BCUT2D eigenvalue weighted by molar-refractivity contribution is 7.48. The predicted molar refractivity (Wildman–Crippen MR) is 381 cm³/mol. The number of aliphatic hydroxyl groups excluding tert-OH is 2. The second-order valence-electron chi connectivity index (χ2n) is 24.3. The van der Waals surface area contributed by atoms with E-state index in [1.54, 1.807) is 18.2 Å². The van der Waals surface area contributed by atoms with Crippen LogP contribution in [0.25, 0.3) is 11.6 Å². The molecule has 600 valence electrons. The number of carboxylic acid groups (broad SMARTS) is 1. The molecular weight excluding hydrogens is 1510 g/mol. The normalized spacial score (nSPS) is 20.0. The van der Waals surface area contributed by atoms with Crippen LogP contribution in [0.5, 0.6) is 5.75 Å². The van der Waals surface area contributed by atoms with Crippen molar-refractivity contribution in [3.8, 4) is 5.75 Å². The summed E-state index contributed by atoms with van der Waals surface area (Å²) in [7, 11) is -14.6. The van der Waals surface area contributed by atoms with Gasteiger partial charge in [0.05, 0.1) is 149 Å². The van der Waals surface area contributed by atoms with Gasteiger partial charge in [0, 0.05) is 50.0 Å². The van der Waals surface area contributed by atoms with E-state index in [-0.39, 0.29) is 132 Å². The largest absolute Gasteiger partial charge is 0.508 e. The highest BCUT2D eigenvalue weighted by Crippen LogP contribution is 2.50. The number of phenols is 1. The molecule has 0 radical (unpaired) electrons. The first-order valence-electron chi connectivity index (χ1n) is 34.6. The number of carbonyl (C=O) groups excluding carboxylic acids is 3. The molecule has 12 N–H and O–H groups in total. The van der Waals surface area contributed by atoms with Gasteiger partial charge in [0.25, 0.3) is 11.5 Å². The Morgan fingerprint density at radius 1 is 0.651 bits per heavy atom. The predicted octanol–water partition coefficient (Wildman–Crippen LogP) is 2.14. The van der Waals surface area contributed by atoms with Crippen molar-refractivity contribution in [1.29, 1.82) is 0 Å². The number of ether oxygens (including phenoxy) is 9. The second kappa shape index (κ2) is 43.9. The first kappa shape index (κ1) is 87.1. The number of aromatic nitrogens is 4. The fourth-order valence-electron chi connectivity index (χ4n) is 11.3. The molecule has 39 nitrogen and oxygen atoms in total. The van der Waals surface area contributed by atoms with Crippen LogP contribution in [0.1, 0.15) is 94.0 Å². The van der Waals surface area contributed by atoms with Crippen LogP contribution in [0.4, 0.5) is 5.82 Å². The van der Waals surface area contributed by atoms with Crippen molar-refractivity contribution in [2.75, 3.05) is 151 Å². The maximum atomic E-state index is 13.5. The number of amides is 2. The fraction of sp³-hybridized carbons (Fsp3) is 0.522. The van der Waals surface area contributed by atoms with Gasteiger partial charge in [0.2, 0.25) is 5.91 Å². The van der Waals surface area contributed by atoms with Gasteiger partial charge < -0.3 is 94.1 Å². The summed E-state index contributed by atoms with van der Waals surface area (Å²) in [4.78, 5) is 127. The van der Waals surface area contributed by atoms with Gasteiger partial charge in [-0.1, -0.05) is 25.0 Å². The maximum Gasteiger partial charge on any atom is 0.472 e. The fourth-order valence-corrected chi connectivity index (χ4v) is 13.6. The molecule has 8 rings (SSSR count). The Kier molecular flexibility index (Phi) is 35.1. The number of hydrogen-bond acceptors (Lipinski definition) is 30. The van der Waals surface area contributed by atoms with Crippen LogP contribution in [0, 0.1) is 0 Å². The molecule has 5 unspecified atom stereocenters. The van der Waals surface area contributed by atoms with E-state index >= 15 is 0 Å². The summed E-state index contributed by atoms with van der Waals surface area (Å²) in [6, 6.07) is 10.3. The molecule has 4 heterocycles. The number of rotatable bonds is 51. The minimum absolute atomic E-state index is 0.000888. The number of carboxylic acids is 1. The van der Waals surface area contributed by atoms with Crippen LogP contribution < -0.4 is 33.3 Å². The number of phosphoric acid groups is 3. The monoisotopic (exact) mass is 1600 g/mol. The number of aromatic carboxylic acids is 1. The minimum Gasteiger partial charge on any atom is -0.508 e. The lowest BCUT2D eigenvalue weighted by atomic mass is 9.76. The number of nitrogens with one attached hydrogen (secondary N) is 3. The smallest absolute Gasteiger partial charge is 0.472 e. The molecule has 0 saturated carbocycles. The number of unbranched alkanes of at least 4 members (excludes halogenated alkanes) is 3. The van der Waals surface area contributed by atoms with E-state index in [9.17, 15) is 77.3 Å². The molecule has 2 aliphatic heterocycles. The van der Waals surface area contributed by atoms with Crippen LogP contribution >= 0.6 is 23.5 Å². The Labute approximate surface area is 623 Å². The zero-order valence-corrected chi connectivity index (χ0v) is 61.8. The van der Waals surface area contributed by atoms with Crippen LogP contribution in [0.2, 0.25) is 0 Å². The van der Waals surface area contributed by atoms with E-state index in [4.69, 9.17) is 80.6 Å². The summed E-state index contributed by atoms with van der Waals surface area (Å²) < 4.78 is 121. The number of H-pyrrole nitrogens is 1. The van der Waals surface area contributed by atoms with Gasteiger partial charge in [0.1, 0.15) is 42.3 Å². The summed E-state index contributed by atoms with van der Waals surface area (Å²) >= 11 is 0. The Hall–Kier alpha value is -7.47.